The highest BCUT2D eigenvalue weighted by molar-refractivity contribution is 6.32. The van der Waals surface area contributed by atoms with E-state index in [4.69, 9.17) is 11.6 Å². The molecule has 2 aliphatic rings. The standard InChI is InChI=1S/C23H24ClN3O3/c1-15-7-8-18(13-19(15)24)27-21(28)14-20(23(27)30)26-11-9-16(10-12-26)22(29)25-17-5-3-2-4-6-17/h2-8,13,16,20H,9-12,14H2,1H3,(H,25,29). The minimum Gasteiger partial charge on any atom is -0.326 e. The Morgan fingerprint density at radius 1 is 1.07 bits per heavy atom. The maximum atomic E-state index is 13.0. The largest absolute Gasteiger partial charge is 0.326 e. The summed E-state index contributed by atoms with van der Waals surface area (Å²) in [5.74, 6) is -0.521. The molecule has 1 N–H and O–H groups in total. The topological polar surface area (TPSA) is 69.7 Å². The lowest BCUT2D eigenvalue weighted by atomic mass is 9.94. The minimum atomic E-state index is -0.476. The lowest BCUT2D eigenvalue weighted by molar-refractivity contribution is -0.123. The number of carbonyl (C=O) groups is 3. The number of likely N-dealkylation sites (tertiary alicyclic amines) is 1. The number of imide groups is 1. The van der Waals surface area contributed by atoms with Crippen molar-refractivity contribution in [3.8, 4) is 0 Å². The number of para-hydroxylation sites is 1. The first kappa shape index (κ1) is 20.6. The van der Waals surface area contributed by atoms with Gasteiger partial charge in [-0.25, -0.2) is 4.90 Å². The normalized spacial score (nSPS) is 20.6. The Kier molecular flexibility index (Phi) is 5.88. The number of nitrogens with one attached hydrogen (secondary N) is 1. The van der Waals surface area contributed by atoms with Gasteiger partial charge in [0.2, 0.25) is 11.8 Å². The zero-order valence-corrected chi connectivity index (χ0v) is 17.6. The molecule has 2 aliphatic heterocycles. The molecule has 2 heterocycles. The molecule has 0 aromatic heterocycles. The molecule has 2 fully saturated rings. The number of carbonyl (C=O) groups excluding carboxylic acids is 3. The highest BCUT2D eigenvalue weighted by atomic mass is 35.5. The van der Waals surface area contributed by atoms with Gasteiger partial charge in [-0.15, -0.1) is 0 Å². The van der Waals surface area contributed by atoms with E-state index in [1.54, 1.807) is 12.1 Å². The molecule has 4 rings (SSSR count). The van der Waals surface area contributed by atoms with Gasteiger partial charge in [-0.3, -0.25) is 19.3 Å². The Morgan fingerprint density at radius 2 is 1.77 bits per heavy atom. The van der Waals surface area contributed by atoms with Crippen molar-refractivity contribution < 1.29 is 14.4 Å². The Labute approximate surface area is 180 Å². The van der Waals surface area contributed by atoms with E-state index < -0.39 is 6.04 Å². The van der Waals surface area contributed by atoms with Crippen LogP contribution in [0, 0.1) is 12.8 Å². The number of anilines is 2. The summed E-state index contributed by atoms with van der Waals surface area (Å²) >= 11 is 6.18. The van der Waals surface area contributed by atoms with Crippen molar-refractivity contribution in [1.29, 1.82) is 0 Å². The number of halogens is 1. The quantitative estimate of drug-likeness (QED) is 0.759. The van der Waals surface area contributed by atoms with Crippen molar-refractivity contribution in [3.63, 3.8) is 0 Å². The van der Waals surface area contributed by atoms with Crippen LogP contribution in [-0.4, -0.2) is 41.8 Å². The van der Waals surface area contributed by atoms with E-state index in [0.717, 1.165) is 11.3 Å². The molecule has 0 bridgehead atoms. The van der Waals surface area contributed by atoms with Crippen LogP contribution in [-0.2, 0) is 14.4 Å². The van der Waals surface area contributed by atoms with Crippen LogP contribution in [0.25, 0.3) is 0 Å². The molecule has 2 saturated heterocycles. The third-order valence-corrected chi connectivity index (χ3v) is 6.33. The van der Waals surface area contributed by atoms with Gasteiger partial charge in [0, 0.05) is 16.6 Å². The molecule has 0 spiro atoms. The van der Waals surface area contributed by atoms with Crippen LogP contribution in [0.4, 0.5) is 11.4 Å². The van der Waals surface area contributed by atoms with Gasteiger partial charge in [0.15, 0.2) is 0 Å². The number of rotatable bonds is 4. The van der Waals surface area contributed by atoms with Crippen LogP contribution in [0.5, 0.6) is 0 Å². The molecule has 2 aromatic rings. The zero-order valence-electron chi connectivity index (χ0n) is 16.8. The third-order valence-electron chi connectivity index (χ3n) is 5.92. The van der Waals surface area contributed by atoms with Gasteiger partial charge in [0.05, 0.1) is 18.2 Å². The molecular formula is C23H24ClN3O3. The van der Waals surface area contributed by atoms with Crippen molar-refractivity contribution in [3.05, 3.63) is 59.1 Å². The summed E-state index contributed by atoms with van der Waals surface area (Å²) in [5, 5.41) is 3.48. The second-order valence-electron chi connectivity index (χ2n) is 7.89. The first-order chi connectivity index (χ1) is 14.4. The summed E-state index contributed by atoms with van der Waals surface area (Å²) in [6.45, 7) is 3.10. The zero-order chi connectivity index (χ0) is 21.3. The van der Waals surface area contributed by atoms with E-state index in [1.807, 2.05) is 48.2 Å². The smallest absolute Gasteiger partial charge is 0.251 e. The summed E-state index contributed by atoms with van der Waals surface area (Å²) in [6.07, 6.45) is 1.48. The number of hydrogen-bond acceptors (Lipinski definition) is 4. The Bertz CT molecular complexity index is 971. The highest BCUT2D eigenvalue weighted by Crippen LogP contribution is 2.31. The third kappa shape index (κ3) is 4.11. The van der Waals surface area contributed by atoms with Crippen LogP contribution in [0.15, 0.2) is 48.5 Å². The molecule has 6 nitrogen and oxygen atoms in total. The van der Waals surface area contributed by atoms with Crippen molar-refractivity contribution in [2.75, 3.05) is 23.3 Å². The van der Waals surface area contributed by atoms with Crippen molar-refractivity contribution in [2.24, 2.45) is 5.92 Å². The number of nitrogens with zero attached hydrogens (tertiary/aromatic N) is 2. The molecule has 1 unspecified atom stereocenters. The fourth-order valence-electron chi connectivity index (χ4n) is 4.13. The SMILES string of the molecule is Cc1ccc(N2C(=O)CC(N3CCC(C(=O)Nc4ccccc4)CC3)C2=O)cc1Cl. The number of amides is 3. The van der Waals surface area contributed by atoms with E-state index in [2.05, 4.69) is 5.32 Å². The molecule has 1 atom stereocenters. The van der Waals surface area contributed by atoms with Crippen LogP contribution in [0.2, 0.25) is 5.02 Å². The van der Waals surface area contributed by atoms with Crippen LogP contribution < -0.4 is 10.2 Å². The Balaban J connectivity index is 1.38. The molecule has 2 aromatic carbocycles. The minimum absolute atomic E-state index is 0.00518. The van der Waals surface area contributed by atoms with Crippen LogP contribution in [0.3, 0.4) is 0 Å². The first-order valence-corrected chi connectivity index (χ1v) is 10.5. The summed E-state index contributed by atoms with van der Waals surface area (Å²) in [7, 11) is 0. The second-order valence-corrected chi connectivity index (χ2v) is 8.29. The molecule has 156 valence electrons. The van der Waals surface area contributed by atoms with Gasteiger partial charge in [-0.2, -0.15) is 0 Å². The predicted octanol–water partition coefficient (Wildman–Crippen LogP) is 3.63. The van der Waals surface area contributed by atoms with Gasteiger partial charge in [0.25, 0.3) is 5.91 Å². The molecule has 0 saturated carbocycles. The molecule has 3 amide bonds. The van der Waals surface area contributed by atoms with Crippen LogP contribution >= 0.6 is 11.6 Å². The number of benzene rings is 2. The predicted molar refractivity (Wildman–Crippen MR) is 116 cm³/mol. The van der Waals surface area contributed by atoms with Crippen molar-refractivity contribution in [1.82, 2.24) is 4.90 Å². The lowest BCUT2D eigenvalue weighted by Crippen LogP contribution is -2.47. The van der Waals surface area contributed by atoms with E-state index >= 15 is 0 Å². The van der Waals surface area contributed by atoms with Gasteiger partial charge in [-0.1, -0.05) is 35.9 Å². The Hall–Kier alpha value is -2.70. The van der Waals surface area contributed by atoms with Gasteiger partial charge < -0.3 is 5.32 Å². The maximum Gasteiger partial charge on any atom is 0.251 e. The van der Waals surface area contributed by atoms with E-state index in [-0.39, 0.29) is 30.1 Å². The summed E-state index contributed by atoms with van der Waals surface area (Å²) < 4.78 is 0. The van der Waals surface area contributed by atoms with E-state index in [1.165, 1.54) is 4.90 Å². The summed E-state index contributed by atoms with van der Waals surface area (Å²) in [5.41, 5.74) is 2.20. The number of aryl methyl sites for hydroxylation is 1. The number of hydrogen-bond donors (Lipinski definition) is 1. The molecular weight excluding hydrogens is 402 g/mol. The first-order valence-electron chi connectivity index (χ1n) is 10.2. The summed E-state index contributed by atoms with van der Waals surface area (Å²) in [4.78, 5) is 41.4. The van der Waals surface area contributed by atoms with E-state index in [9.17, 15) is 14.4 Å². The Morgan fingerprint density at radius 3 is 2.43 bits per heavy atom. The monoisotopic (exact) mass is 425 g/mol. The average Bonchev–Trinajstić information content (AvgIpc) is 3.05. The van der Waals surface area contributed by atoms with E-state index in [0.29, 0.717) is 36.6 Å². The maximum absolute atomic E-state index is 13.0. The van der Waals surface area contributed by atoms with Gasteiger partial charge in [0.1, 0.15) is 0 Å². The summed E-state index contributed by atoms with van der Waals surface area (Å²) in [6, 6.07) is 14.1. The van der Waals surface area contributed by atoms with Gasteiger partial charge in [-0.05, 0) is 62.7 Å². The molecule has 30 heavy (non-hydrogen) atoms. The highest BCUT2D eigenvalue weighted by Gasteiger charge is 2.44. The lowest BCUT2D eigenvalue weighted by Gasteiger charge is -2.34. The second kappa shape index (κ2) is 8.58. The van der Waals surface area contributed by atoms with Gasteiger partial charge >= 0.3 is 0 Å². The van der Waals surface area contributed by atoms with Crippen LogP contribution in [0.1, 0.15) is 24.8 Å². The molecule has 0 radical (unpaired) electrons. The average molecular weight is 426 g/mol. The number of piperidine rings is 1. The fraction of sp³-hybridized carbons (Fsp3) is 0.348. The van der Waals surface area contributed by atoms with Crippen molar-refractivity contribution in [2.45, 2.75) is 32.2 Å². The molecule has 0 aliphatic carbocycles. The molecule has 7 heteroatoms. The van der Waals surface area contributed by atoms with Crippen molar-refractivity contribution >= 4 is 40.7 Å². The fourth-order valence-corrected chi connectivity index (χ4v) is 4.31.